The highest BCUT2D eigenvalue weighted by Gasteiger charge is 2.02. The molecule has 0 atom stereocenters. The van der Waals surface area contributed by atoms with Gasteiger partial charge >= 0.3 is 0 Å². The molecule has 1 aromatic rings. The normalized spacial score (nSPS) is 10.9. The molecule has 0 radical (unpaired) electrons. The summed E-state index contributed by atoms with van der Waals surface area (Å²) in [5.74, 6) is 0.954. The fourth-order valence-electron chi connectivity index (χ4n) is 1.98. The molecule has 18 heavy (non-hydrogen) atoms. The number of benzene rings is 1. The van der Waals surface area contributed by atoms with Gasteiger partial charge in [0.1, 0.15) is 5.75 Å². The maximum Gasteiger partial charge on any atom is 0.119 e. The Bertz CT molecular complexity index is 307. The highest BCUT2D eigenvalue weighted by Crippen LogP contribution is 2.16. The number of rotatable bonds is 9. The van der Waals surface area contributed by atoms with Gasteiger partial charge in [0.25, 0.3) is 0 Å². The zero-order valence-electron chi connectivity index (χ0n) is 11.5. The lowest BCUT2D eigenvalue weighted by Gasteiger charge is -2.20. The zero-order valence-corrected chi connectivity index (χ0v) is 13.1. The van der Waals surface area contributed by atoms with Crippen molar-refractivity contribution in [3.63, 3.8) is 0 Å². The van der Waals surface area contributed by atoms with Crippen molar-refractivity contribution in [3.05, 3.63) is 28.7 Å². The minimum Gasteiger partial charge on any atom is -0.494 e. The molecule has 2 nitrogen and oxygen atoms in total. The van der Waals surface area contributed by atoms with Crippen LogP contribution in [0.25, 0.3) is 0 Å². The van der Waals surface area contributed by atoms with Crippen molar-refractivity contribution in [1.29, 1.82) is 0 Å². The van der Waals surface area contributed by atoms with E-state index in [1.165, 1.54) is 25.9 Å². The Morgan fingerprint density at radius 3 is 2.17 bits per heavy atom. The average Bonchev–Trinajstić information content (AvgIpc) is 2.37. The van der Waals surface area contributed by atoms with E-state index >= 15 is 0 Å². The third kappa shape index (κ3) is 6.41. The molecule has 0 saturated carbocycles. The van der Waals surface area contributed by atoms with Gasteiger partial charge in [0, 0.05) is 11.0 Å². The predicted octanol–water partition coefficient (Wildman–Crippen LogP) is 4.34. The molecule has 0 bridgehead atoms. The SMILES string of the molecule is CCCN(CCC)CCCOc1ccc(Br)cc1. The van der Waals surface area contributed by atoms with E-state index in [2.05, 4.69) is 34.7 Å². The van der Waals surface area contributed by atoms with Crippen molar-refractivity contribution in [3.8, 4) is 5.75 Å². The first-order valence-electron chi connectivity index (χ1n) is 6.87. The van der Waals surface area contributed by atoms with Gasteiger partial charge in [-0.2, -0.15) is 0 Å². The van der Waals surface area contributed by atoms with E-state index in [0.717, 1.165) is 29.8 Å². The maximum absolute atomic E-state index is 5.72. The molecular formula is C15H24BrNO. The summed E-state index contributed by atoms with van der Waals surface area (Å²) < 4.78 is 6.81. The molecule has 0 unspecified atom stereocenters. The van der Waals surface area contributed by atoms with E-state index in [9.17, 15) is 0 Å². The molecule has 0 aliphatic heterocycles. The second-order valence-electron chi connectivity index (χ2n) is 4.50. The summed E-state index contributed by atoms with van der Waals surface area (Å²) in [6.45, 7) is 8.81. The first kappa shape index (κ1) is 15.5. The summed E-state index contributed by atoms with van der Waals surface area (Å²) in [6.07, 6.45) is 3.55. The predicted molar refractivity (Wildman–Crippen MR) is 81.3 cm³/mol. The van der Waals surface area contributed by atoms with Crippen molar-refractivity contribution < 1.29 is 4.74 Å². The number of nitrogens with zero attached hydrogens (tertiary/aromatic N) is 1. The molecule has 0 fully saturated rings. The number of ether oxygens (including phenoxy) is 1. The first-order valence-corrected chi connectivity index (χ1v) is 7.66. The molecule has 0 spiro atoms. The second kappa shape index (κ2) is 9.40. The standard InChI is InChI=1S/C15H24BrNO/c1-3-10-17(11-4-2)12-5-13-18-15-8-6-14(16)7-9-15/h6-9H,3-5,10-13H2,1-2H3. The zero-order chi connectivity index (χ0) is 13.2. The number of halogens is 1. The molecular weight excluding hydrogens is 290 g/mol. The Morgan fingerprint density at radius 1 is 1.00 bits per heavy atom. The second-order valence-corrected chi connectivity index (χ2v) is 5.41. The van der Waals surface area contributed by atoms with Crippen LogP contribution < -0.4 is 4.74 Å². The lowest BCUT2D eigenvalue weighted by Crippen LogP contribution is -2.27. The molecule has 1 aromatic carbocycles. The van der Waals surface area contributed by atoms with Crippen LogP contribution in [0.2, 0.25) is 0 Å². The molecule has 0 N–H and O–H groups in total. The van der Waals surface area contributed by atoms with Crippen LogP contribution >= 0.6 is 15.9 Å². The summed E-state index contributed by atoms with van der Waals surface area (Å²) in [4.78, 5) is 2.52. The highest BCUT2D eigenvalue weighted by molar-refractivity contribution is 9.10. The van der Waals surface area contributed by atoms with Crippen LogP contribution in [-0.4, -0.2) is 31.1 Å². The molecule has 0 amide bonds. The van der Waals surface area contributed by atoms with Crippen LogP contribution in [0.15, 0.2) is 28.7 Å². The van der Waals surface area contributed by atoms with Crippen LogP contribution in [-0.2, 0) is 0 Å². The van der Waals surface area contributed by atoms with Crippen LogP contribution in [0.4, 0.5) is 0 Å². The fraction of sp³-hybridized carbons (Fsp3) is 0.600. The van der Waals surface area contributed by atoms with Gasteiger partial charge < -0.3 is 9.64 Å². The van der Waals surface area contributed by atoms with Crippen molar-refractivity contribution in [1.82, 2.24) is 4.90 Å². The van der Waals surface area contributed by atoms with E-state index in [0.29, 0.717) is 0 Å². The van der Waals surface area contributed by atoms with E-state index in [-0.39, 0.29) is 0 Å². The van der Waals surface area contributed by atoms with Crippen LogP contribution in [0, 0.1) is 0 Å². The molecule has 0 heterocycles. The molecule has 3 heteroatoms. The van der Waals surface area contributed by atoms with Gasteiger partial charge in [0.2, 0.25) is 0 Å². The highest BCUT2D eigenvalue weighted by atomic mass is 79.9. The molecule has 0 aliphatic rings. The first-order chi connectivity index (χ1) is 8.76. The summed E-state index contributed by atoms with van der Waals surface area (Å²) >= 11 is 3.42. The van der Waals surface area contributed by atoms with E-state index in [1.807, 2.05) is 24.3 Å². The Balaban J connectivity index is 2.18. The van der Waals surface area contributed by atoms with Gasteiger partial charge in [-0.3, -0.25) is 0 Å². The van der Waals surface area contributed by atoms with Crippen LogP contribution in [0.3, 0.4) is 0 Å². The van der Waals surface area contributed by atoms with E-state index in [1.54, 1.807) is 0 Å². The minimum absolute atomic E-state index is 0.797. The molecule has 0 saturated heterocycles. The molecule has 102 valence electrons. The molecule has 1 rings (SSSR count). The van der Waals surface area contributed by atoms with E-state index < -0.39 is 0 Å². The van der Waals surface area contributed by atoms with Gasteiger partial charge in [-0.05, 0) is 56.6 Å². The monoisotopic (exact) mass is 313 g/mol. The minimum atomic E-state index is 0.797. The van der Waals surface area contributed by atoms with Crippen molar-refractivity contribution in [2.75, 3.05) is 26.2 Å². The third-order valence-corrected chi connectivity index (χ3v) is 3.31. The van der Waals surface area contributed by atoms with E-state index in [4.69, 9.17) is 4.74 Å². The largest absolute Gasteiger partial charge is 0.494 e. The number of hydrogen-bond donors (Lipinski definition) is 0. The van der Waals surface area contributed by atoms with Gasteiger partial charge in [-0.15, -0.1) is 0 Å². The maximum atomic E-state index is 5.72. The fourth-order valence-corrected chi connectivity index (χ4v) is 2.24. The topological polar surface area (TPSA) is 12.5 Å². The van der Waals surface area contributed by atoms with Gasteiger partial charge in [-0.25, -0.2) is 0 Å². The third-order valence-electron chi connectivity index (χ3n) is 2.78. The van der Waals surface area contributed by atoms with Gasteiger partial charge in [0.05, 0.1) is 6.61 Å². The van der Waals surface area contributed by atoms with Crippen LogP contribution in [0.5, 0.6) is 5.75 Å². The summed E-state index contributed by atoms with van der Waals surface area (Å²) in [5, 5.41) is 0. The quantitative estimate of drug-likeness (QED) is 0.629. The Labute approximate surface area is 119 Å². The lowest BCUT2D eigenvalue weighted by atomic mass is 10.3. The van der Waals surface area contributed by atoms with Gasteiger partial charge in [-0.1, -0.05) is 29.8 Å². The Hall–Kier alpha value is -0.540. The van der Waals surface area contributed by atoms with Crippen molar-refractivity contribution >= 4 is 15.9 Å². The summed E-state index contributed by atoms with van der Waals surface area (Å²) in [6, 6.07) is 8.02. The van der Waals surface area contributed by atoms with Crippen LogP contribution in [0.1, 0.15) is 33.1 Å². The smallest absolute Gasteiger partial charge is 0.119 e. The summed E-state index contributed by atoms with van der Waals surface area (Å²) in [7, 11) is 0. The summed E-state index contributed by atoms with van der Waals surface area (Å²) in [5.41, 5.74) is 0. The lowest BCUT2D eigenvalue weighted by molar-refractivity contribution is 0.234. The molecule has 0 aromatic heterocycles. The Kier molecular flexibility index (Phi) is 8.10. The Morgan fingerprint density at radius 2 is 1.61 bits per heavy atom. The number of hydrogen-bond acceptors (Lipinski definition) is 2. The van der Waals surface area contributed by atoms with Gasteiger partial charge in [0.15, 0.2) is 0 Å². The van der Waals surface area contributed by atoms with Crippen molar-refractivity contribution in [2.45, 2.75) is 33.1 Å². The molecule has 0 aliphatic carbocycles. The average molecular weight is 314 g/mol. The van der Waals surface area contributed by atoms with Crippen molar-refractivity contribution in [2.24, 2.45) is 0 Å².